The zero-order chi connectivity index (χ0) is 32.0. The fourth-order valence-corrected chi connectivity index (χ4v) is 8.20. The first-order chi connectivity index (χ1) is 23.7. The van der Waals surface area contributed by atoms with Crippen molar-refractivity contribution in [2.75, 3.05) is 5.73 Å². The Balaban J connectivity index is 1.13. The molecule has 4 heteroatoms. The number of nitrogens with zero attached hydrogens (tertiary/aromatic N) is 2. The van der Waals surface area contributed by atoms with Crippen molar-refractivity contribution < 1.29 is 4.74 Å². The molecule has 9 rings (SSSR count). The van der Waals surface area contributed by atoms with Gasteiger partial charge in [-0.25, -0.2) is 0 Å². The number of rotatable bonds is 6. The summed E-state index contributed by atoms with van der Waals surface area (Å²) in [6.07, 6.45) is 29.0. The summed E-state index contributed by atoms with van der Waals surface area (Å²) in [5.74, 6) is 1.34. The summed E-state index contributed by atoms with van der Waals surface area (Å²) >= 11 is 0. The Labute approximate surface area is 282 Å². The second kappa shape index (κ2) is 12.0. The summed E-state index contributed by atoms with van der Waals surface area (Å²) in [4.78, 5) is 5.36. The van der Waals surface area contributed by atoms with Crippen LogP contribution in [0.15, 0.2) is 149 Å². The quantitative estimate of drug-likeness (QED) is 0.132. The SMILES string of the molecule is Nc1ccccc1C(N=Cn1c2c(c3ccccc31)C1OC3=C(CCC=C3C3=CCCC=C3)C1C=C2)c1cccc(C2=CC=CCC2)c1. The number of nitrogen functional groups attached to an aromatic ring is 1. The van der Waals surface area contributed by atoms with Crippen LogP contribution < -0.4 is 5.73 Å². The van der Waals surface area contributed by atoms with Gasteiger partial charge < -0.3 is 15.0 Å². The van der Waals surface area contributed by atoms with Crippen LogP contribution >= 0.6 is 0 Å². The largest absolute Gasteiger partial charge is 0.484 e. The Morgan fingerprint density at radius 1 is 0.875 bits per heavy atom. The number of allylic oxidation sites excluding steroid dienone is 9. The molecule has 0 saturated carbocycles. The number of ether oxygens (including phenoxy) is 1. The molecule has 0 bridgehead atoms. The third-order valence-corrected chi connectivity index (χ3v) is 10.5. The molecule has 3 unspecified atom stereocenters. The van der Waals surface area contributed by atoms with Crippen molar-refractivity contribution in [1.82, 2.24) is 4.57 Å². The van der Waals surface area contributed by atoms with E-state index in [-0.39, 0.29) is 18.1 Å². The van der Waals surface area contributed by atoms with Crippen molar-refractivity contribution in [2.24, 2.45) is 10.9 Å². The van der Waals surface area contributed by atoms with Gasteiger partial charge in [0.15, 0.2) is 0 Å². The molecule has 0 radical (unpaired) electrons. The number of aromatic nitrogens is 1. The Hall–Kier alpha value is -5.35. The number of hydrogen-bond acceptors (Lipinski definition) is 3. The smallest absolute Gasteiger partial charge is 0.137 e. The zero-order valence-electron chi connectivity index (χ0n) is 27.1. The maximum atomic E-state index is 7.03. The number of aliphatic imine (C=N–C) groups is 1. The molecule has 236 valence electrons. The average molecular weight is 626 g/mol. The molecule has 3 aromatic carbocycles. The van der Waals surface area contributed by atoms with Crippen LogP contribution in [0.3, 0.4) is 0 Å². The van der Waals surface area contributed by atoms with Crippen molar-refractivity contribution in [3.63, 3.8) is 0 Å². The fourth-order valence-electron chi connectivity index (χ4n) is 8.20. The van der Waals surface area contributed by atoms with E-state index in [2.05, 4.69) is 120 Å². The van der Waals surface area contributed by atoms with Crippen molar-refractivity contribution in [3.8, 4) is 0 Å². The minimum Gasteiger partial charge on any atom is -0.484 e. The molecule has 4 aromatic rings. The normalized spacial score (nSPS) is 21.8. The summed E-state index contributed by atoms with van der Waals surface area (Å²) in [6, 6.07) is 25.4. The highest BCUT2D eigenvalue weighted by Crippen LogP contribution is 2.54. The van der Waals surface area contributed by atoms with Gasteiger partial charge in [0.1, 0.15) is 17.9 Å². The molecule has 0 saturated heterocycles. The molecular weight excluding hydrogens is 587 g/mol. The van der Waals surface area contributed by atoms with Gasteiger partial charge in [-0.15, -0.1) is 0 Å². The molecule has 5 aliphatic rings. The summed E-state index contributed by atoms with van der Waals surface area (Å²) in [7, 11) is 0. The molecule has 0 amide bonds. The lowest BCUT2D eigenvalue weighted by atomic mass is 9.80. The van der Waals surface area contributed by atoms with E-state index in [1.54, 1.807) is 0 Å². The van der Waals surface area contributed by atoms with Gasteiger partial charge in [0, 0.05) is 33.7 Å². The molecular formula is C44H39N3O. The number of para-hydroxylation sites is 2. The molecule has 4 nitrogen and oxygen atoms in total. The summed E-state index contributed by atoms with van der Waals surface area (Å²) < 4.78 is 9.29. The highest BCUT2D eigenvalue weighted by atomic mass is 16.5. The Bertz CT molecular complexity index is 2200. The Morgan fingerprint density at radius 3 is 2.67 bits per heavy atom. The average Bonchev–Trinajstić information content (AvgIpc) is 3.69. The van der Waals surface area contributed by atoms with Crippen molar-refractivity contribution in [2.45, 2.75) is 50.7 Å². The number of anilines is 1. The third-order valence-electron chi connectivity index (χ3n) is 10.5. The first-order valence-electron chi connectivity index (χ1n) is 17.4. The second-order valence-corrected chi connectivity index (χ2v) is 13.3. The van der Waals surface area contributed by atoms with Crippen LogP contribution in [0.5, 0.6) is 0 Å². The van der Waals surface area contributed by atoms with E-state index >= 15 is 0 Å². The molecule has 4 aliphatic carbocycles. The topological polar surface area (TPSA) is 52.5 Å². The van der Waals surface area contributed by atoms with Gasteiger partial charge in [0.2, 0.25) is 0 Å². The highest BCUT2D eigenvalue weighted by Gasteiger charge is 2.43. The van der Waals surface area contributed by atoms with E-state index in [9.17, 15) is 0 Å². The van der Waals surface area contributed by atoms with Crippen molar-refractivity contribution in [3.05, 3.63) is 172 Å². The van der Waals surface area contributed by atoms with Crippen molar-refractivity contribution >= 4 is 34.6 Å². The van der Waals surface area contributed by atoms with E-state index in [1.807, 2.05) is 18.5 Å². The van der Waals surface area contributed by atoms with Crippen LogP contribution in [-0.4, -0.2) is 10.9 Å². The van der Waals surface area contributed by atoms with E-state index in [1.165, 1.54) is 38.8 Å². The van der Waals surface area contributed by atoms with Gasteiger partial charge in [-0.05, 0) is 90.6 Å². The molecule has 1 aromatic heterocycles. The lowest BCUT2D eigenvalue weighted by Crippen LogP contribution is -2.14. The molecule has 2 heterocycles. The maximum Gasteiger partial charge on any atom is 0.137 e. The van der Waals surface area contributed by atoms with Crippen LogP contribution in [-0.2, 0) is 4.74 Å². The Morgan fingerprint density at radius 2 is 1.79 bits per heavy atom. The lowest BCUT2D eigenvalue weighted by Gasteiger charge is -2.23. The van der Waals surface area contributed by atoms with Gasteiger partial charge in [-0.3, -0.25) is 4.99 Å². The Kier molecular flexibility index (Phi) is 7.23. The van der Waals surface area contributed by atoms with Crippen LogP contribution in [0.1, 0.15) is 78.6 Å². The van der Waals surface area contributed by atoms with E-state index in [0.29, 0.717) is 0 Å². The first-order valence-corrected chi connectivity index (χ1v) is 17.4. The van der Waals surface area contributed by atoms with Crippen LogP contribution in [0.4, 0.5) is 5.69 Å². The number of nitrogens with two attached hydrogens (primary N) is 1. The van der Waals surface area contributed by atoms with Crippen molar-refractivity contribution in [1.29, 1.82) is 0 Å². The molecule has 1 aliphatic heterocycles. The standard InChI is InChI=1S/C44H39N3O/c45-38-23-9-7-19-36(38)42(32-18-11-17-31(27-32)29-13-3-1-4-14-29)46-28-47-39-24-10-8-20-37(39)41-40(47)26-25-35-34-22-12-21-33(43(34)48-44(35)41)30-15-5-2-6-16-30/h1,3,5,7-11,13,15-21,23-28,35,42,44H,2,4,6,12,14,22,45H2. The van der Waals surface area contributed by atoms with Gasteiger partial charge in [0.25, 0.3) is 0 Å². The summed E-state index contributed by atoms with van der Waals surface area (Å²) in [6.45, 7) is 0. The van der Waals surface area contributed by atoms with E-state index in [4.69, 9.17) is 15.5 Å². The molecule has 0 fully saturated rings. The maximum absolute atomic E-state index is 7.03. The molecule has 48 heavy (non-hydrogen) atoms. The molecule has 0 spiro atoms. The second-order valence-electron chi connectivity index (χ2n) is 13.3. The lowest BCUT2D eigenvalue weighted by molar-refractivity contribution is 0.132. The van der Waals surface area contributed by atoms with Gasteiger partial charge in [0.05, 0.1) is 17.5 Å². The number of benzene rings is 3. The third kappa shape index (κ3) is 4.86. The molecule has 2 N–H and O–H groups in total. The van der Waals surface area contributed by atoms with E-state index in [0.717, 1.165) is 72.3 Å². The predicted molar refractivity (Wildman–Crippen MR) is 198 cm³/mol. The molecule has 3 atom stereocenters. The van der Waals surface area contributed by atoms with Gasteiger partial charge >= 0.3 is 0 Å². The van der Waals surface area contributed by atoms with Crippen LogP contribution in [0.25, 0.3) is 22.6 Å². The predicted octanol–water partition coefficient (Wildman–Crippen LogP) is 10.6. The minimum absolute atomic E-state index is 0.0562. The summed E-state index contributed by atoms with van der Waals surface area (Å²) in [5, 5.41) is 1.22. The first kappa shape index (κ1) is 28.8. The van der Waals surface area contributed by atoms with Gasteiger partial charge in [-0.2, -0.15) is 0 Å². The number of hydrogen-bond donors (Lipinski definition) is 1. The zero-order valence-corrected chi connectivity index (χ0v) is 27.1. The summed E-state index contributed by atoms with van der Waals surface area (Å²) in [5.41, 5.74) is 19.6. The van der Waals surface area contributed by atoms with Crippen LogP contribution in [0, 0.1) is 5.92 Å². The highest BCUT2D eigenvalue weighted by molar-refractivity contribution is 5.95. The van der Waals surface area contributed by atoms with E-state index < -0.39 is 0 Å². The number of fused-ring (bicyclic) bond motifs is 6. The minimum atomic E-state index is -0.260. The van der Waals surface area contributed by atoms with Crippen LogP contribution in [0.2, 0.25) is 0 Å². The fraction of sp³-hybridized carbons (Fsp3) is 0.205. The monoisotopic (exact) mass is 625 g/mol. The van der Waals surface area contributed by atoms with Gasteiger partial charge in [-0.1, -0.05) is 103 Å².